The smallest absolute Gasteiger partial charge is 0.216 e. The normalized spacial score (nSPS) is 10.5. The fraction of sp³-hybridized carbons (Fsp3) is 0.167. The van der Waals surface area contributed by atoms with Crippen LogP contribution in [0.15, 0.2) is 60.7 Å². The summed E-state index contributed by atoms with van der Waals surface area (Å²) in [5, 5.41) is 2.76. The van der Waals surface area contributed by atoms with E-state index in [1.54, 1.807) is 0 Å². The maximum absolute atomic E-state index is 10.7. The van der Waals surface area contributed by atoms with E-state index in [1.807, 2.05) is 66.7 Å². The summed E-state index contributed by atoms with van der Waals surface area (Å²) >= 11 is 0. The second-order valence-electron chi connectivity index (χ2n) is 4.66. The molecule has 1 amide bonds. The van der Waals surface area contributed by atoms with Crippen molar-refractivity contribution in [3.63, 3.8) is 0 Å². The molecule has 0 unspecified atom stereocenters. The van der Waals surface area contributed by atoms with E-state index in [9.17, 15) is 4.79 Å². The van der Waals surface area contributed by atoms with Crippen molar-refractivity contribution >= 4 is 12.0 Å². The van der Waals surface area contributed by atoms with E-state index in [0.29, 0.717) is 6.54 Å². The standard InChI is InChI=1S/C18H19NO2/c1-15(20)19-14-6-5-7-16-10-12-18(13-11-16)21-17-8-3-2-4-9-17/h2-5,7-13H,6,14H2,1H3,(H,19,20). The lowest BCUT2D eigenvalue weighted by Gasteiger charge is -2.05. The highest BCUT2D eigenvalue weighted by atomic mass is 16.5. The van der Waals surface area contributed by atoms with E-state index < -0.39 is 0 Å². The average molecular weight is 281 g/mol. The molecule has 0 atom stereocenters. The molecule has 3 nitrogen and oxygen atoms in total. The average Bonchev–Trinajstić information content (AvgIpc) is 2.49. The number of ether oxygens (including phenoxy) is 1. The summed E-state index contributed by atoms with van der Waals surface area (Å²) in [6, 6.07) is 17.6. The molecule has 0 radical (unpaired) electrons. The SMILES string of the molecule is CC(=O)NCCC=Cc1ccc(Oc2ccccc2)cc1. The van der Waals surface area contributed by atoms with E-state index in [0.717, 1.165) is 23.5 Å². The summed E-state index contributed by atoms with van der Waals surface area (Å²) in [7, 11) is 0. The van der Waals surface area contributed by atoms with Gasteiger partial charge in [-0.1, -0.05) is 42.5 Å². The Labute approximate surface area is 125 Å². The van der Waals surface area contributed by atoms with Crippen LogP contribution >= 0.6 is 0 Å². The van der Waals surface area contributed by atoms with Crippen LogP contribution in [0.3, 0.4) is 0 Å². The Morgan fingerprint density at radius 1 is 1.05 bits per heavy atom. The van der Waals surface area contributed by atoms with Gasteiger partial charge < -0.3 is 10.1 Å². The van der Waals surface area contributed by atoms with Crippen LogP contribution in [0.1, 0.15) is 18.9 Å². The first-order valence-electron chi connectivity index (χ1n) is 6.98. The number of carbonyl (C=O) groups excluding carboxylic acids is 1. The molecule has 1 N–H and O–H groups in total. The number of hydrogen-bond acceptors (Lipinski definition) is 2. The zero-order valence-corrected chi connectivity index (χ0v) is 12.1. The van der Waals surface area contributed by atoms with Crippen LogP contribution in [0, 0.1) is 0 Å². The van der Waals surface area contributed by atoms with Crippen LogP contribution in [0.5, 0.6) is 11.5 Å². The highest BCUT2D eigenvalue weighted by Gasteiger charge is 1.95. The number of carbonyl (C=O) groups is 1. The number of hydrogen-bond donors (Lipinski definition) is 1. The summed E-state index contributed by atoms with van der Waals surface area (Å²) in [6.07, 6.45) is 4.90. The second kappa shape index (κ2) is 7.90. The molecule has 0 saturated heterocycles. The maximum Gasteiger partial charge on any atom is 0.216 e. The van der Waals surface area contributed by atoms with Crippen LogP contribution in [0.2, 0.25) is 0 Å². The quantitative estimate of drug-likeness (QED) is 0.812. The van der Waals surface area contributed by atoms with E-state index in [-0.39, 0.29) is 5.91 Å². The van der Waals surface area contributed by atoms with Crippen molar-refractivity contribution in [2.75, 3.05) is 6.54 Å². The lowest BCUT2D eigenvalue weighted by atomic mass is 10.2. The third kappa shape index (κ3) is 5.53. The second-order valence-corrected chi connectivity index (χ2v) is 4.66. The van der Waals surface area contributed by atoms with Gasteiger partial charge in [-0.3, -0.25) is 4.79 Å². The molecular weight excluding hydrogens is 262 g/mol. The van der Waals surface area contributed by atoms with Gasteiger partial charge in [0, 0.05) is 13.5 Å². The van der Waals surface area contributed by atoms with E-state index in [1.165, 1.54) is 6.92 Å². The Balaban J connectivity index is 1.84. The Bertz CT molecular complexity index is 588. The molecule has 2 rings (SSSR count). The Hall–Kier alpha value is -2.55. The summed E-state index contributed by atoms with van der Waals surface area (Å²) in [5.41, 5.74) is 1.11. The Morgan fingerprint density at radius 2 is 1.71 bits per heavy atom. The van der Waals surface area contributed by atoms with Crippen molar-refractivity contribution in [1.29, 1.82) is 0 Å². The van der Waals surface area contributed by atoms with E-state index in [2.05, 4.69) is 5.32 Å². The molecule has 0 aromatic heterocycles. The molecule has 0 aliphatic rings. The topological polar surface area (TPSA) is 38.3 Å². The highest BCUT2D eigenvalue weighted by Crippen LogP contribution is 2.21. The van der Waals surface area contributed by atoms with Crippen LogP contribution in [0.25, 0.3) is 6.08 Å². The number of nitrogens with one attached hydrogen (secondary N) is 1. The molecule has 2 aromatic carbocycles. The third-order valence-electron chi connectivity index (χ3n) is 2.85. The van der Waals surface area contributed by atoms with Gasteiger partial charge in [-0.15, -0.1) is 0 Å². The van der Waals surface area contributed by atoms with Gasteiger partial charge in [-0.05, 0) is 36.2 Å². The van der Waals surface area contributed by atoms with Gasteiger partial charge in [0.15, 0.2) is 0 Å². The first-order valence-corrected chi connectivity index (χ1v) is 6.98. The van der Waals surface area contributed by atoms with Gasteiger partial charge >= 0.3 is 0 Å². The zero-order chi connectivity index (χ0) is 14.9. The minimum atomic E-state index is 0.00538. The van der Waals surface area contributed by atoms with Crippen molar-refractivity contribution in [1.82, 2.24) is 5.32 Å². The highest BCUT2D eigenvalue weighted by molar-refractivity contribution is 5.72. The molecule has 108 valence electrons. The molecule has 2 aromatic rings. The molecule has 3 heteroatoms. The molecular formula is C18H19NO2. The van der Waals surface area contributed by atoms with E-state index >= 15 is 0 Å². The van der Waals surface area contributed by atoms with Crippen LogP contribution < -0.4 is 10.1 Å². The van der Waals surface area contributed by atoms with Crippen molar-refractivity contribution in [2.24, 2.45) is 0 Å². The van der Waals surface area contributed by atoms with Crippen LogP contribution in [-0.2, 0) is 4.79 Å². The first kappa shape index (κ1) is 14.9. The van der Waals surface area contributed by atoms with Gasteiger partial charge in [0.1, 0.15) is 11.5 Å². The fourth-order valence-corrected chi connectivity index (χ4v) is 1.82. The van der Waals surface area contributed by atoms with E-state index in [4.69, 9.17) is 4.74 Å². The van der Waals surface area contributed by atoms with Crippen molar-refractivity contribution in [2.45, 2.75) is 13.3 Å². The number of amides is 1. The molecule has 0 aliphatic heterocycles. The number of para-hydroxylation sites is 1. The molecule has 0 aliphatic carbocycles. The summed E-state index contributed by atoms with van der Waals surface area (Å²) in [4.78, 5) is 10.7. The molecule has 0 spiro atoms. The van der Waals surface area contributed by atoms with Crippen molar-refractivity contribution < 1.29 is 9.53 Å². The summed E-state index contributed by atoms with van der Waals surface area (Å²) < 4.78 is 5.73. The minimum absolute atomic E-state index is 0.00538. The molecule has 0 bridgehead atoms. The summed E-state index contributed by atoms with van der Waals surface area (Å²) in [6.45, 7) is 2.19. The lowest BCUT2D eigenvalue weighted by molar-refractivity contribution is -0.118. The number of benzene rings is 2. The lowest BCUT2D eigenvalue weighted by Crippen LogP contribution is -2.20. The molecule has 0 fully saturated rings. The van der Waals surface area contributed by atoms with Gasteiger partial charge in [-0.2, -0.15) is 0 Å². The predicted molar refractivity (Wildman–Crippen MR) is 85.3 cm³/mol. The number of rotatable bonds is 6. The Morgan fingerprint density at radius 3 is 2.38 bits per heavy atom. The Kier molecular flexibility index (Phi) is 5.59. The van der Waals surface area contributed by atoms with Crippen molar-refractivity contribution in [3.8, 4) is 11.5 Å². The molecule has 0 saturated carbocycles. The van der Waals surface area contributed by atoms with Gasteiger partial charge in [0.2, 0.25) is 5.91 Å². The third-order valence-corrected chi connectivity index (χ3v) is 2.85. The van der Waals surface area contributed by atoms with Crippen LogP contribution in [0.4, 0.5) is 0 Å². The largest absolute Gasteiger partial charge is 0.457 e. The summed E-state index contributed by atoms with van der Waals surface area (Å²) in [5.74, 6) is 1.65. The minimum Gasteiger partial charge on any atom is -0.457 e. The monoisotopic (exact) mass is 281 g/mol. The maximum atomic E-state index is 10.7. The molecule has 21 heavy (non-hydrogen) atoms. The predicted octanol–water partition coefficient (Wildman–Crippen LogP) is 4.02. The van der Waals surface area contributed by atoms with Crippen molar-refractivity contribution in [3.05, 3.63) is 66.2 Å². The zero-order valence-electron chi connectivity index (χ0n) is 12.1. The van der Waals surface area contributed by atoms with Gasteiger partial charge in [0.25, 0.3) is 0 Å². The van der Waals surface area contributed by atoms with Crippen LogP contribution in [-0.4, -0.2) is 12.5 Å². The van der Waals surface area contributed by atoms with Gasteiger partial charge in [0.05, 0.1) is 0 Å². The molecule has 0 heterocycles. The first-order chi connectivity index (χ1) is 10.2. The fourth-order valence-electron chi connectivity index (χ4n) is 1.82. The van der Waals surface area contributed by atoms with Gasteiger partial charge in [-0.25, -0.2) is 0 Å².